The van der Waals surface area contributed by atoms with E-state index in [2.05, 4.69) is 36.0 Å². The lowest BCUT2D eigenvalue weighted by molar-refractivity contribution is -0.0214. The number of piperidine rings is 2. The van der Waals surface area contributed by atoms with Gasteiger partial charge in [0.25, 0.3) is 0 Å². The average molecular weight is 412 g/mol. The second kappa shape index (κ2) is 7.05. The van der Waals surface area contributed by atoms with Gasteiger partial charge in [0.2, 0.25) is 5.95 Å². The summed E-state index contributed by atoms with van der Waals surface area (Å²) in [6, 6.07) is 0.744. The molecule has 138 valence electrons. The summed E-state index contributed by atoms with van der Waals surface area (Å²) in [5.74, 6) is 0.622. The van der Waals surface area contributed by atoms with E-state index in [1.165, 1.54) is 6.42 Å². The van der Waals surface area contributed by atoms with E-state index in [0.717, 1.165) is 25.7 Å². The summed E-state index contributed by atoms with van der Waals surface area (Å²) in [5.41, 5.74) is -0.462. The monoisotopic (exact) mass is 411 g/mol. The summed E-state index contributed by atoms with van der Waals surface area (Å²) >= 11 is 3.26. The maximum atomic E-state index is 12.7. The molecule has 8 heteroatoms. The molecule has 2 aliphatic rings. The summed E-state index contributed by atoms with van der Waals surface area (Å²) < 4.78 is 6.27. The van der Waals surface area contributed by atoms with Crippen LogP contribution in [0.5, 0.6) is 0 Å². The van der Waals surface area contributed by atoms with E-state index in [-0.39, 0.29) is 18.2 Å². The zero-order chi connectivity index (χ0) is 18.2. The molecule has 2 aliphatic heterocycles. The number of anilines is 1. The molecule has 3 atom stereocenters. The Kier molecular flexibility index (Phi) is 5.18. The van der Waals surface area contributed by atoms with Crippen LogP contribution in [0.3, 0.4) is 0 Å². The number of carbonyl (C=O) groups is 1. The van der Waals surface area contributed by atoms with Crippen molar-refractivity contribution in [3.8, 4) is 0 Å². The number of hydrogen-bond acceptors (Lipinski definition) is 6. The highest BCUT2D eigenvalue weighted by Gasteiger charge is 2.43. The maximum Gasteiger partial charge on any atom is 0.410 e. The Balaban J connectivity index is 1.72. The molecule has 25 heavy (non-hydrogen) atoms. The largest absolute Gasteiger partial charge is 0.444 e. The van der Waals surface area contributed by atoms with Crippen molar-refractivity contribution in [1.29, 1.82) is 0 Å². The van der Waals surface area contributed by atoms with Crippen molar-refractivity contribution in [3.05, 3.63) is 10.8 Å². The van der Waals surface area contributed by atoms with E-state index in [9.17, 15) is 4.79 Å². The molecule has 0 aliphatic carbocycles. The van der Waals surface area contributed by atoms with Gasteiger partial charge in [0.15, 0.2) is 0 Å². The normalized spacial score (nSPS) is 26.3. The molecule has 1 aromatic rings. The number of amides is 1. The van der Waals surface area contributed by atoms with E-state index in [0.29, 0.717) is 16.6 Å². The third-order valence-corrected chi connectivity index (χ3v) is 5.30. The van der Waals surface area contributed by atoms with Crippen molar-refractivity contribution in [3.63, 3.8) is 0 Å². The van der Waals surface area contributed by atoms with E-state index in [4.69, 9.17) is 4.74 Å². The molecule has 0 radical (unpaired) electrons. The Labute approximate surface area is 157 Å². The molecule has 0 saturated carbocycles. The lowest BCUT2D eigenvalue weighted by atomic mass is 9.81. The Morgan fingerprint density at radius 2 is 1.92 bits per heavy atom. The molecule has 2 saturated heterocycles. The smallest absolute Gasteiger partial charge is 0.410 e. The van der Waals surface area contributed by atoms with Crippen molar-refractivity contribution in [2.75, 3.05) is 11.9 Å². The fourth-order valence-electron chi connectivity index (χ4n) is 3.86. The molecule has 7 nitrogen and oxygen atoms in total. The summed E-state index contributed by atoms with van der Waals surface area (Å²) in [4.78, 5) is 21.1. The Bertz CT molecular complexity index is 604. The SMILES string of the molecule is CN(c1ncc(Br)nn1)C1C[C@H]2CCC[C@@H](C1)N2C(=O)OC(C)(C)C. The second-order valence-corrected chi connectivity index (χ2v) is 8.76. The van der Waals surface area contributed by atoms with Gasteiger partial charge in [-0.1, -0.05) is 0 Å². The van der Waals surface area contributed by atoms with Gasteiger partial charge in [0.05, 0.1) is 6.20 Å². The fraction of sp³-hybridized carbons (Fsp3) is 0.765. The first-order valence-electron chi connectivity index (χ1n) is 8.84. The third-order valence-electron chi connectivity index (χ3n) is 4.94. The summed E-state index contributed by atoms with van der Waals surface area (Å²) in [7, 11) is 2.01. The van der Waals surface area contributed by atoms with Gasteiger partial charge in [0, 0.05) is 25.2 Å². The van der Waals surface area contributed by atoms with Gasteiger partial charge in [-0.15, -0.1) is 10.2 Å². The van der Waals surface area contributed by atoms with Gasteiger partial charge in [-0.05, 0) is 68.8 Å². The summed E-state index contributed by atoms with van der Waals surface area (Å²) in [5, 5.41) is 8.19. The van der Waals surface area contributed by atoms with E-state index < -0.39 is 5.60 Å². The number of carbonyl (C=O) groups excluding carboxylic acids is 1. The van der Waals surface area contributed by atoms with Crippen LogP contribution >= 0.6 is 15.9 Å². The first kappa shape index (κ1) is 18.4. The minimum Gasteiger partial charge on any atom is -0.444 e. The highest BCUT2D eigenvalue weighted by atomic mass is 79.9. The van der Waals surface area contributed by atoms with Crippen LogP contribution in [0.4, 0.5) is 10.7 Å². The molecule has 3 heterocycles. The first-order valence-corrected chi connectivity index (χ1v) is 9.63. The predicted molar refractivity (Wildman–Crippen MR) is 98.5 cm³/mol. The number of ether oxygens (including phenoxy) is 1. The molecular formula is C17H26BrN5O2. The van der Waals surface area contributed by atoms with Crippen LogP contribution in [-0.2, 0) is 4.74 Å². The van der Waals surface area contributed by atoms with Crippen molar-refractivity contribution in [2.45, 2.75) is 76.6 Å². The molecule has 3 rings (SSSR count). The average Bonchev–Trinajstić information content (AvgIpc) is 2.52. The highest BCUT2D eigenvalue weighted by Crippen LogP contribution is 2.37. The van der Waals surface area contributed by atoms with Crippen LogP contribution in [0.1, 0.15) is 52.9 Å². The van der Waals surface area contributed by atoms with Crippen LogP contribution < -0.4 is 4.90 Å². The Morgan fingerprint density at radius 1 is 1.28 bits per heavy atom. The summed E-state index contributed by atoms with van der Waals surface area (Å²) in [6.07, 6.45) is 6.53. The van der Waals surface area contributed by atoms with Crippen LogP contribution in [0.15, 0.2) is 10.8 Å². The molecule has 2 fully saturated rings. The zero-order valence-corrected chi connectivity index (χ0v) is 16.9. The van der Waals surface area contributed by atoms with Crippen molar-refractivity contribution < 1.29 is 9.53 Å². The van der Waals surface area contributed by atoms with Gasteiger partial charge >= 0.3 is 6.09 Å². The Hall–Kier alpha value is -1.44. The van der Waals surface area contributed by atoms with Crippen LogP contribution in [0, 0.1) is 0 Å². The van der Waals surface area contributed by atoms with Crippen LogP contribution in [0.2, 0.25) is 0 Å². The topological polar surface area (TPSA) is 71.5 Å². The fourth-order valence-corrected chi connectivity index (χ4v) is 4.04. The zero-order valence-electron chi connectivity index (χ0n) is 15.3. The summed E-state index contributed by atoms with van der Waals surface area (Å²) in [6.45, 7) is 5.75. The number of aromatic nitrogens is 3. The Morgan fingerprint density at radius 3 is 2.44 bits per heavy atom. The van der Waals surface area contributed by atoms with Gasteiger partial charge in [-0.2, -0.15) is 0 Å². The quantitative estimate of drug-likeness (QED) is 0.742. The standard InChI is InChI=1S/C17H26BrN5O2/c1-17(2,3)25-16(24)23-11-6-5-7-12(23)9-13(8-11)22(4)15-19-10-14(18)20-21-15/h10-13H,5-9H2,1-4H3/t11-,12+,13?. The lowest BCUT2D eigenvalue weighted by Crippen LogP contribution is -2.59. The van der Waals surface area contributed by atoms with E-state index in [1.54, 1.807) is 6.20 Å². The highest BCUT2D eigenvalue weighted by molar-refractivity contribution is 9.10. The van der Waals surface area contributed by atoms with Gasteiger partial charge in [0.1, 0.15) is 10.2 Å². The number of rotatable bonds is 2. The first-order chi connectivity index (χ1) is 11.7. The number of halogens is 1. The number of fused-ring (bicyclic) bond motifs is 2. The van der Waals surface area contributed by atoms with Crippen LogP contribution in [-0.4, -0.2) is 56.9 Å². The second-order valence-electron chi connectivity index (χ2n) is 7.94. The van der Waals surface area contributed by atoms with Gasteiger partial charge in [-0.3, -0.25) is 0 Å². The maximum absolute atomic E-state index is 12.7. The van der Waals surface area contributed by atoms with E-state index >= 15 is 0 Å². The molecular weight excluding hydrogens is 386 g/mol. The molecule has 1 unspecified atom stereocenters. The van der Waals surface area contributed by atoms with Crippen molar-refractivity contribution in [1.82, 2.24) is 20.1 Å². The molecule has 0 aromatic carbocycles. The van der Waals surface area contributed by atoms with Crippen LogP contribution in [0.25, 0.3) is 0 Å². The van der Waals surface area contributed by atoms with Gasteiger partial charge < -0.3 is 14.5 Å². The molecule has 0 spiro atoms. The molecule has 0 N–H and O–H groups in total. The lowest BCUT2D eigenvalue weighted by Gasteiger charge is -2.50. The molecule has 1 aromatic heterocycles. The molecule has 2 bridgehead atoms. The number of nitrogens with zero attached hydrogens (tertiary/aromatic N) is 5. The predicted octanol–water partition coefficient (Wildman–Crippen LogP) is 3.39. The van der Waals surface area contributed by atoms with Gasteiger partial charge in [-0.25, -0.2) is 9.78 Å². The van der Waals surface area contributed by atoms with Crippen molar-refractivity contribution >= 4 is 28.0 Å². The third kappa shape index (κ3) is 4.22. The van der Waals surface area contributed by atoms with E-state index in [1.807, 2.05) is 32.7 Å². The van der Waals surface area contributed by atoms with Crippen molar-refractivity contribution in [2.24, 2.45) is 0 Å². The number of hydrogen-bond donors (Lipinski definition) is 0. The minimum absolute atomic E-state index is 0.176. The minimum atomic E-state index is -0.462. The molecule has 1 amide bonds.